The molecule has 0 aliphatic rings. The highest BCUT2D eigenvalue weighted by Crippen LogP contribution is 2.16. The molecule has 0 aliphatic heterocycles. The van der Waals surface area contributed by atoms with Gasteiger partial charge in [-0.1, -0.05) is 40.2 Å². The first-order chi connectivity index (χ1) is 10.1. The minimum absolute atomic E-state index is 0.0322. The molecule has 0 spiro atoms. The number of para-hydroxylation sites is 1. The Hall–Kier alpha value is -1.81. The number of carbonyl (C=O) groups is 1. The van der Waals surface area contributed by atoms with Crippen molar-refractivity contribution < 1.29 is 4.79 Å². The maximum absolute atomic E-state index is 12.2. The van der Waals surface area contributed by atoms with Gasteiger partial charge in [0.25, 0.3) is 5.91 Å². The number of amides is 1. The Morgan fingerprint density at radius 1 is 1.19 bits per heavy atom. The van der Waals surface area contributed by atoms with Crippen LogP contribution in [0.25, 0.3) is 0 Å². The van der Waals surface area contributed by atoms with Crippen LogP contribution >= 0.6 is 15.9 Å². The first kappa shape index (κ1) is 15.6. The van der Waals surface area contributed by atoms with E-state index in [-0.39, 0.29) is 5.91 Å². The average Bonchev–Trinajstić information content (AvgIpc) is 2.50. The Labute approximate surface area is 134 Å². The maximum Gasteiger partial charge on any atom is 0.251 e. The van der Waals surface area contributed by atoms with Gasteiger partial charge in [0, 0.05) is 35.9 Å². The molecule has 0 unspecified atom stereocenters. The highest BCUT2D eigenvalue weighted by molar-refractivity contribution is 9.10. The Morgan fingerprint density at radius 3 is 2.62 bits per heavy atom. The second kappa shape index (κ2) is 7.27. The summed E-state index contributed by atoms with van der Waals surface area (Å²) in [5, 5.41) is 2.97. The van der Waals surface area contributed by atoms with Gasteiger partial charge in [-0.15, -0.1) is 0 Å². The van der Waals surface area contributed by atoms with Gasteiger partial charge in [0.1, 0.15) is 0 Å². The zero-order valence-corrected chi connectivity index (χ0v) is 13.9. The number of carbonyl (C=O) groups excluding carboxylic acids is 1. The summed E-state index contributed by atoms with van der Waals surface area (Å²) >= 11 is 3.40. The van der Waals surface area contributed by atoms with Gasteiger partial charge >= 0.3 is 0 Å². The van der Waals surface area contributed by atoms with Crippen LogP contribution < -0.4 is 10.2 Å². The third-order valence-electron chi connectivity index (χ3n) is 3.37. The van der Waals surface area contributed by atoms with Gasteiger partial charge in [-0.2, -0.15) is 0 Å². The van der Waals surface area contributed by atoms with Crippen LogP contribution in [0, 0.1) is 6.92 Å². The highest BCUT2D eigenvalue weighted by Gasteiger charge is 2.09. The zero-order chi connectivity index (χ0) is 15.2. The molecule has 0 aliphatic carbocycles. The van der Waals surface area contributed by atoms with E-state index in [9.17, 15) is 4.79 Å². The lowest BCUT2D eigenvalue weighted by Gasteiger charge is -2.19. The summed E-state index contributed by atoms with van der Waals surface area (Å²) in [6, 6.07) is 15.9. The van der Waals surface area contributed by atoms with Crippen LogP contribution in [0.4, 0.5) is 5.69 Å². The monoisotopic (exact) mass is 346 g/mol. The summed E-state index contributed by atoms with van der Waals surface area (Å²) in [6.07, 6.45) is 0. The summed E-state index contributed by atoms with van der Waals surface area (Å²) in [5.74, 6) is -0.0322. The number of nitrogens with one attached hydrogen (secondary N) is 1. The van der Waals surface area contributed by atoms with Crippen LogP contribution in [-0.4, -0.2) is 26.0 Å². The Balaban J connectivity index is 1.88. The van der Waals surface area contributed by atoms with E-state index in [1.807, 2.05) is 50.4 Å². The molecule has 2 aromatic carbocycles. The van der Waals surface area contributed by atoms with Gasteiger partial charge in [-0.25, -0.2) is 0 Å². The van der Waals surface area contributed by atoms with Crippen LogP contribution in [0.3, 0.4) is 0 Å². The predicted molar refractivity (Wildman–Crippen MR) is 90.9 cm³/mol. The highest BCUT2D eigenvalue weighted by atomic mass is 79.9. The van der Waals surface area contributed by atoms with E-state index in [2.05, 4.69) is 38.3 Å². The molecule has 0 aromatic heterocycles. The van der Waals surface area contributed by atoms with Crippen molar-refractivity contribution in [3.05, 3.63) is 64.1 Å². The van der Waals surface area contributed by atoms with Crippen molar-refractivity contribution in [1.29, 1.82) is 0 Å². The molecule has 0 atom stereocenters. The first-order valence-corrected chi connectivity index (χ1v) is 7.68. The lowest BCUT2D eigenvalue weighted by Crippen LogP contribution is -2.33. The smallest absolute Gasteiger partial charge is 0.251 e. The Kier molecular flexibility index (Phi) is 5.39. The van der Waals surface area contributed by atoms with Crippen molar-refractivity contribution in [3.8, 4) is 0 Å². The van der Waals surface area contributed by atoms with Crippen molar-refractivity contribution >= 4 is 27.5 Å². The topological polar surface area (TPSA) is 32.3 Å². The summed E-state index contributed by atoms with van der Waals surface area (Å²) in [6.45, 7) is 3.32. The molecule has 4 heteroatoms. The fourth-order valence-corrected chi connectivity index (χ4v) is 2.44. The van der Waals surface area contributed by atoms with E-state index in [0.29, 0.717) is 12.1 Å². The molecule has 0 bridgehead atoms. The van der Waals surface area contributed by atoms with E-state index >= 15 is 0 Å². The fourth-order valence-electron chi connectivity index (χ4n) is 2.08. The fraction of sp³-hybridized carbons (Fsp3) is 0.235. The van der Waals surface area contributed by atoms with Crippen molar-refractivity contribution in [2.24, 2.45) is 0 Å². The van der Waals surface area contributed by atoms with Crippen LogP contribution in [0.5, 0.6) is 0 Å². The molecule has 0 saturated carbocycles. The number of anilines is 1. The number of rotatable bonds is 5. The van der Waals surface area contributed by atoms with Crippen LogP contribution in [0.15, 0.2) is 53.0 Å². The van der Waals surface area contributed by atoms with Gasteiger partial charge in [0.05, 0.1) is 0 Å². The normalized spacial score (nSPS) is 10.2. The molecule has 1 N–H and O–H groups in total. The molecule has 21 heavy (non-hydrogen) atoms. The molecule has 110 valence electrons. The summed E-state index contributed by atoms with van der Waals surface area (Å²) in [7, 11) is 2.02. The van der Waals surface area contributed by atoms with Crippen LogP contribution in [0.2, 0.25) is 0 Å². The van der Waals surface area contributed by atoms with Crippen molar-refractivity contribution in [2.75, 3.05) is 25.0 Å². The van der Waals surface area contributed by atoms with Gasteiger partial charge in [-0.3, -0.25) is 4.79 Å². The molecular formula is C17H19BrN2O. The number of likely N-dealkylation sites (N-methyl/N-ethyl adjacent to an activating group) is 1. The predicted octanol–water partition coefficient (Wildman–Crippen LogP) is 3.62. The van der Waals surface area contributed by atoms with Crippen molar-refractivity contribution in [1.82, 2.24) is 5.32 Å². The molecule has 0 heterocycles. The molecule has 2 rings (SSSR count). The van der Waals surface area contributed by atoms with Gasteiger partial charge in [0.15, 0.2) is 0 Å². The lowest BCUT2D eigenvalue weighted by molar-refractivity contribution is 0.0954. The second-order valence-electron chi connectivity index (χ2n) is 4.97. The Bertz CT molecular complexity index is 613. The van der Waals surface area contributed by atoms with E-state index < -0.39 is 0 Å². The minimum Gasteiger partial charge on any atom is -0.373 e. The number of hydrogen-bond donors (Lipinski definition) is 1. The van der Waals surface area contributed by atoms with Crippen LogP contribution in [0.1, 0.15) is 15.9 Å². The number of nitrogens with zero attached hydrogens (tertiary/aromatic N) is 1. The second-order valence-corrected chi connectivity index (χ2v) is 5.89. The molecule has 3 nitrogen and oxygen atoms in total. The van der Waals surface area contributed by atoms with E-state index in [0.717, 1.165) is 22.3 Å². The van der Waals surface area contributed by atoms with Crippen LogP contribution in [-0.2, 0) is 0 Å². The average molecular weight is 347 g/mol. The number of halogens is 1. The van der Waals surface area contributed by atoms with E-state index in [1.54, 1.807) is 0 Å². The third-order valence-corrected chi connectivity index (χ3v) is 3.87. The Morgan fingerprint density at radius 2 is 1.90 bits per heavy atom. The van der Waals surface area contributed by atoms with Gasteiger partial charge < -0.3 is 10.2 Å². The molecule has 0 radical (unpaired) electrons. The number of benzene rings is 2. The first-order valence-electron chi connectivity index (χ1n) is 6.88. The molecular weight excluding hydrogens is 328 g/mol. The van der Waals surface area contributed by atoms with E-state index in [1.165, 1.54) is 0 Å². The molecule has 2 aromatic rings. The number of hydrogen-bond acceptors (Lipinski definition) is 2. The molecule has 0 fully saturated rings. The maximum atomic E-state index is 12.2. The zero-order valence-electron chi connectivity index (χ0n) is 12.3. The van der Waals surface area contributed by atoms with E-state index in [4.69, 9.17) is 0 Å². The summed E-state index contributed by atoms with van der Waals surface area (Å²) in [4.78, 5) is 14.3. The quantitative estimate of drug-likeness (QED) is 0.896. The molecule has 0 saturated heterocycles. The third kappa shape index (κ3) is 4.33. The van der Waals surface area contributed by atoms with Crippen molar-refractivity contribution in [2.45, 2.75) is 6.92 Å². The summed E-state index contributed by atoms with van der Waals surface area (Å²) in [5.41, 5.74) is 2.84. The standard InChI is InChI=1S/C17H19BrN2O/c1-13-8-9-14(18)12-16(13)17(21)19-10-11-20(2)15-6-4-3-5-7-15/h3-9,12H,10-11H2,1-2H3,(H,19,21). The lowest BCUT2D eigenvalue weighted by atomic mass is 10.1. The van der Waals surface area contributed by atoms with Crippen molar-refractivity contribution in [3.63, 3.8) is 0 Å². The largest absolute Gasteiger partial charge is 0.373 e. The number of aryl methyl sites for hydroxylation is 1. The SMILES string of the molecule is Cc1ccc(Br)cc1C(=O)NCCN(C)c1ccccc1. The van der Waals surface area contributed by atoms with Gasteiger partial charge in [0.2, 0.25) is 0 Å². The summed E-state index contributed by atoms with van der Waals surface area (Å²) < 4.78 is 0.916. The molecule has 1 amide bonds. The van der Waals surface area contributed by atoms with Gasteiger partial charge in [-0.05, 0) is 36.8 Å². The minimum atomic E-state index is -0.0322.